The average molecular weight is 271 g/mol. The molecule has 2 aromatic carbocycles. The first kappa shape index (κ1) is 13.9. The highest BCUT2D eigenvalue weighted by Crippen LogP contribution is 2.15. The number of hydrogen-bond donors (Lipinski definition) is 1. The Bertz CT molecular complexity index is 555. The zero-order valence-corrected chi connectivity index (χ0v) is 11.1. The van der Waals surface area contributed by atoms with E-state index in [9.17, 15) is 4.79 Å². The number of carbonyl (C=O) groups is 1. The van der Waals surface area contributed by atoms with Crippen molar-refractivity contribution in [2.24, 2.45) is 5.73 Å². The topological polar surface area (TPSA) is 61.6 Å². The Balaban J connectivity index is 1.87. The monoisotopic (exact) mass is 271 g/mol. The van der Waals surface area contributed by atoms with Gasteiger partial charge >= 0.3 is 6.09 Å². The molecule has 104 valence electrons. The maximum Gasteiger partial charge on any atom is 0.404 e. The van der Waals surface area contributed by atoms with Gasteiger partial charge in [-0.3, -0.25) is 0 Å². The van der Waals surface area contributed by atoms with Gasteiger partial charge < -0.3 is 15.2 Å². The van der Waals surface area contributed by atoms with Crippen molar-refractivity contribution >= 4 is 6.09 Å². The minimum absolute atomic E-state index is 0.275. The molecule has 0 fully saturated rings. The summed E-state index contributed by atoms with van der Waals surface area (Å²) in [5.74, 6) is 0.797. The summed E-state index contributed by atoms with van der Waals surface area (Å²) >= 11 is 0. The molecule has 0 saturated carbocycles. The molecule has 2 rings (SSSR count). The highest BCUT2D eigenvalue weighted by Gasteiger charge is 2.00. The third-order valence-corrected chi connectivity index (χ3v) is 2.78. The molecule has 0 spiro atoms. The van der Waals surface area contributed by atoms with Gasteiger partial charge in [0.15, 0.2) is 0 Å². The van der Waals surface area contributed by atoms with Gasteiger partial charge in [0, 0.05) is 6.42 Å². The average Bonchev–Trinajstić information content (AvgIpc) is 2.46. The van der Waals surface area contributed by atoms with E-state index in [1.54, 1.807) is 0 Å². The van der Waals surface area contributed by atoms with Crippen molar-refractivity contribution in [1.29, 1.82) is 0 Å². The van der Waals surface area contributed by atoms with E-state index in [-0.39, 0.29) is 6.61 Å². The standard InChI is InChI=1S/C16H17NO3/c17-16(18)19-10-9-13-7-4-8-15(11-13)20-12-14-5-2-1-3-6-14/h1-8,11H,9-10,12H2,(H2,17,18). The molecule has 0 unspecified atom stereocenters. The van der Waals surface area contributed by atoms with Crippen LogP contribution in [0.5, 0.6) is 5.75 Å². The molecule has 0 aliphatic heterocycles. The number of nitrogens with two attached hydrogens (primary N) is 1. The van der Waals surface area contributed by atoms with Gasteiger partial charge in [0.25, 0.3) is 0 Å². The number of benzene rings is 2. The second-order valence-corrected chi connectivity index (χ2v) is 4.34. The van der Waals surface area contributed by atoms with E-state index >= 15 is 0 Å². The van der Waals surface area contributed by atoms with Gasteiger partial charge in [-0.2, -0.15) is 0 Å². The van der Waals surface area contributed by atoms with E-state index in [2.05, 4.69) is 0 Å². The second-order valence-electron chi connectivity index (χ2n) is 4.34. The van der Waals surface area contributed by atoms with Crippen LogP contribution in [0.1, 0.15) is 11.1 Å². The summed E-state index contributed by atoms with van der Waals surface area (Å²) in [6.07, 6.45) is -0.132. The zero-order chi connectivity index (χ0) is 14.2. The molecule has 0 bridgehead atoms. The molecule has 20 heavy (non-hydrogen) atoms. The van der Waals surface area contributed by atoms with Crippen LogP contribution in [0.3, 0.4) is 0 Å². The van der Waals surface area contributed by atoms with Crippen LogP contribution in [0, 0.1) is 0 Å². The summed E-state index contributed by atoms with van der Waals surface area (Å²) in [7, 11) is 0. The van der Waals surface area contributed by atoms with Gasteiger partial charge in [0.2, 0.25) is 0 Å². The highest BCUT2D eigenvalue weighted by molar-refractivity contribution is 5.64. The lowest BCUT2D eigenvalue weighted by Crippen LogP contribution is -2.14. The van der Waals surface area contributed by atoms with Crippen molar-refractivity contribution in [3.05, 3.63) is 65.7 Å². The number of ether oxygens (including phenoxy) is 2. The van der Waals surface area contributed by atoms with Crippen molar-refractivity contribution < 1.29 is 14.3 Å². The number of hydrogen-bond acceptors (Lipinski definition) is 3. The first-order valence-corrected chi connectivity index (χ1v) is 6.42. The summed E-state index contributed by atoms with van der Waals surface area (Å²) < 4.78 is 10.4. The molecule has 2 aromatic rings. The van der Waals surface area contributed by atoms with Gasteiger partial charge in [0.05, 0.1) is 6.61 Å². The Hall–Kier alpha value is -2.49. The summed E-state index contributed by atoms with van der Waals surface area (Å²) in [6, 6.07) is 17.7. The Morgan fingerprint density at radius 1 is 1.00 bits per heavy atom. The Kier molecular flexibility index (Phi) is 5.00. The van der Waals surface area contributed by atoms with Crippen LogP contribution in [0.15, 0.2) is 54.6 Å². The lowest BCUT2D eigenvalue weighted by molar-refractivity contribution is 0.158. The normalized spacial score (nSPS) is 10.0. The quantitative estimate of drug-likeness (QED) is 0.878. The van der Waals surface area contributed by atoms with E-state index in [0.29, 0.717) is 13.0 Å². The first-order chi connectivity index (χ1) is 9.74. The molecule has 0 atom stereocenters. The Morgan fingerprint density at radius 3 is 2.50 bits per heavy atom. The Labute approximate surface area is 118 Å². The molecule has 4 heteroatoms. The fourth-order valence-corrected chi connectivity index (χ4v) is 1.80. The molecule has 0 radical (unpaired) electrons. The third-order valence-electron chi connectivity index (χ3n) is 2.78. The van der Waals surface area contributed by atoms with E-state index in [1.807, 2.05) is 54.6 Å². The van der Waals surface area contributed by atoms with Crippen molar-refractivity contribution in [2.75, 3.05) is 6.61 Å². The van der Waals surface area contributed by atoms with Crippen LogP contribution in [0.2, 0.25) is 0 Å². The fourth-order valence-electron chi connectivity index (χ4n) is 1.80. The van der Waals surface area contributed by atoms with E-state index < -0.39 is 6.09 Å². The van der Waals surface area contributed by atoms with E-state index in [1.165, 1.54) is 0 Å². The molecule has 0 heterocycles. The van der Waals surface area contributed by atoms with Gasteiger partial charge in [0.1, 0.15) is 12.4 Å². The molecule has 0 saturated heterocycles. The van der Waals surface area contributed by atoms with Crippen LogP contribution in [-0.4, -0.2) is 12.7 Å². The summed E-state index contributed by atoms with van der Waals surface area (Å²) in [5, 5.41) is 0. The number of rotatable bonds is 6. The maximum atomic E-state index is 10.5. The molecule has 0 aromatic heterocycles. The summed E-state index contributed by atoms with van der Waals surface area (Å²) in [4.78, 5) is 10.5. The third kappa shape index (κ3) is 4.65. The van der Waals surface area contributed by atoms with Gasteiger partial charge in [-0.05, 0) is 23.3 Å². The summed E-state index contributed by atoms with van der Waals surface area (Å²) in [5.41, 5.74) is 7.07. The van der Waals surface area contributed by atoms with Crippen molar-refractivity contribution in [1.82, 2.24) is 0 Å². The molecule has 0 aliphatic rings. The van der Waals surface area contributed by atoms with Gasteiger partial charge in [-0.15, -0.1) is 0 Å². The molecule has 2 N–H and O–H groups in total. The van der Waals surface area contributed by atoms with Crippen molar-refractivity contribution in [3.8, 4) is 5.75 Å². The molecule has 0 aliphatic carbocycles. The predicted molar refractivity (Wildman–Crippen MR) is 76.5 cm³/mol. The maximum absolute atomic E-state index is 10.5. The number of primary amides is 1. The minimum Gasteiger partial charge on any atom is -0.489 e. The lowest BCUT2D eigenvalue weighted by Gasteiger charge is -2.08. The zero-order valence-electron chi connectivity index (χ0n) is 11.1. The van der Waals surface area contributed by atoms with Crippen LogP contribution in [-0.2, 0) is 17.8 Å². The lowest BCUT2D eigenvalue weighted by atomic mass is 10.1. The fraction of sp³-hybridized carbons (Fsp3) is 0.188. The van der Waals surface area contributed by atoms with E-state index in [4.69, 9.17) is 15.2 Å². The molecular weight excluding hydrogens is 254 g/mol. The van der Waals surface area contributed by atoms with Crippen LogP contribution in [0.25, 0.3) is 0 Å². The van der Waals surface area contributed by atoms with Gasteiger partial charge in [-0.25, -0.2) is 4.79 Å². The van der Waals surface area contributed by atoms with Crippen LogP contribution in [0.4, 0.5) is 4.79 Å². The van der Waals surface area contributed by atoms with Crippen molar-refractivity contribution in [3.63, 3.8) is 0 Å². The van der Waals surface area contributed by atoms with Crippen molar-refractivity contribution in [2.45, 2.75) is 13.0 Å². The highest BCUT2D eigenvalue weighted by atomic mass is 16.5. The smallest absolute Gasteiger partial charge is 0.404 e. The minimum atomic E-state index is -0.749. The molecule has 1 amide bonds. The second kappa shape index (κ2) is 7.19. The SMILES string of the molecule is NC(=O)OCCc1cccc(OCc2ccccc2)c1. The molecular formula is C16H17NO3. The predicted octanol–water partition coefficient (Wildman–Crippen LogP) is 2.90. The number of amides is 1. The van der Waals surface area contributed by atoms with Crippen LogP contribution < -0.4 is 10.5 Å². The molecule has 4 nitrogen and oxygen atoms in total. The number of carbonyl (C=O) groups excluding carboxylic acids is 1. The Morgan fingerprint density at radius 2 is 1.75 bits per heavy atom. The largest absolute Gasteiger partial charge is 0.489 e. The van der Waals surface area contributed by atoms with Crippen LogP contribution >= 0.6 is 0 Å². The van der Waals surface area contributed by atoms with E-state index in [0.717, 1.165) is 16.9 Å². The first-order valence-electron chi connectivity index (χ1n) is 6.42. The van der Waals surface area contributed by atoms with Gasteiger partial charge in [-0.1, -0.05) is 42.5 Å². The summed E-state index contributed by atoms with van der Waals surface area (Å²) in [6.45, 7) is 0.805.